The fraction of sp³-hybridized carbons (Fsp3) is 0.667. The van der Waals surface area contributed by atoms with Crippen molar-refractivity contribution in [2.24, 2.45) is 0 Å². The van der Waals surface area contributed by atoms with Gasteiger partial charge in [0.2, 0.25) is 11.8 Å². The number of carboxylic acids is 1. The molecule has 0 aliphatic carbocycles. The van der Waals surface area contributed by atoms with Crippen LogP contribution in [0.15, 0.2) is 0 Å². The molecule has 1 unspecified atom stereocenters. The molecule has 1 heterocycles. The van der Waals surface area contributed by atoms with Gasteiger partial charge in [0.1, 0.15) is 4.83 Å². The summed E-state index contributed by atoms with van der Waals surface area (Å²) in [5.74, 6) is -1.23. The number of rotatable bonds is 5. The molecule has 1 N–H and O–H groups in total. The number of carboxylic acid groups (broad SMARTS) is 1. The van der Waals surface area contributed by atoms with Crippen LogP contribution >= 0.6 is 15.9 Å². The predicted octanol–water partition coefficient (Wildman–Crippen LogP) is 0.764. The molecule has 1 aliphatic heterocycles. The van der Waals surface area contributed by atoms with Crippen LogP contribution in [0.1, 0.15) is 25.7 Å². The molecule has 0 spiro atoms. The number of nitrogens with zero attached hydrogens (tertiary/aromatic N) is 1. The smallest absolute Gasteiger partial charge is 0.317 e. The van der Waals surface area contributed by atoms with Crippen LogP contribution in [0, 0.1) is 0 Å². The zero-order chi connectivity index (χ0) is 11.4. The third-order valence-electron chi connectivity index (χ3n) is 2.26. The summed E-state index contributed by atoms with van der Waals surface area (Å²) in [5, 5.41) is 8.58. The van der Waals surface area contributed by atoms with E-state index in [1.807, 2.05) is 0 Å². The number of carbonyl (C=O) groups is 3. The van der Waals surface area contributed by atoms with Gasteiger partial charge >= 0.3 is 5.97 Å². The van der Waals surface area contributed by atoms with E-state index >= 15 is 0 Å². The molecule has 0 aromatic carbocycles. The highest BCUT2D eigenvalue weighted by Crippen LogP contribution is 2.14. The van der Waals surface area contributed by atoms with Crippen molar-refractivity contribution in [1.29, 1.82) is 0 Å². The van der Waals surface area contributed by atoms with Gasteiger partial charge in [-0.1, -0.05) is 15.9 Å². The zero-order valence-corrected chi connectivity index (χ0v) is 9.70. The van der Waals surface area contributed by atoms with Gasteiger partial charge in [-0.05, 0) is 12.8 Å². The Hall–Kier alpha value is -0.910. The Balaban J connectivity index is 2.28. The molecule has 0 aromatic rings. The number of hydrogen-bond acceptors (Lipinski definition) is 3. The maximum absolute atomic E-state index is 11.2. The second-order valence-corrected chi connectivity index (χ2v) is 4.49. The summed E-state index contributed by atoms with van der Waals surface area (Å²) in [6.45, 7) is 0.326. The van der Waals surface area contributed by atoms with Crippen molar-refractivity contribution in [3.8, 4) is 0 Å². The summed E-state index contributed by atoms with van der Waals surface area (Å²) in [6.07, 6.45) is 1.50. The van der Waals surface area contributed by atoms with E-state index in [-0.39, 0.29) is 24.7 Å². The molecule has 6 heteroatoms. The first-order valence-electron chi connectivity index (χ1n) is 4.72. The van der Waals surface area contributed by atoms with Crippen molar-refractivity contribution in [3.63, 3.8) is 0 Å². The molecule has 1 atom stereocenters. The highest BCUT2D eigenvalue weighted by atomic mass is 79.9. The lowest BCUT2D eigenvalue weighted by Gasteiger charge is -2.13. The Kier molecular flexibility index (Phi) is 4.26. The zero-order valence-electron chi connectivity index (χ0n) is 8.11. The Morgan fingerprint density at radius 3 is 2.40 bits per heavy atom. The van der Waals surface area contributed by atoms with Gasteiger partial charge in [0.15, 0.2) is 0 Å². The van der Waals surface area contributed by atoms with Gasteiger partial charge in [-0.15, -0.1) is 0 Å². The molecular formula is C9H12BrNO4. The van der Waals surface area contributed by atoms with Crippen molar-refractivity contribution in [3.05, 3.63) is 0 Å². The first kappa shape index (κ1) is 12.2. The molecule has 15 heavy (non-hydrogen) atoms. The molecule has 1 rings (SSSR count). The number of halogens is 1. The molecule has 84 valence electrons. The Bertz CT molecular complexity index is 276. The van der Waals surface area contributed by atoms with Crippen molar-refractivity contribution < 1.29 is 19.5 Å². The standard InChI is InChI=1S/C9H12BrNO4/c10-6(9(14)15)2-1-5-11-7(12)3-4-8(11)13/h6H,1-5H2,(H,14,15). The first-order chi connectivity index (χ1) is 7.02. The van der Waals surface area contributed by atoms with Crippen LogP contribution < -0.4 is 0 Å². The van der Waals surface area contributed by atoms with Crippen LogP contribution in [0.25, 0.3) is 0 Å². The van der Waals surface area contributed by atoms with E-state index in [9.17, 15) is 14.4 Å². The van der Waals surface area contributed by atoms with Crippen LogP contribution in [0.5, 0.6) is 0 Å². The molecule has 0 bridgehead atoms. The lowest BCUT2D eigenvalue weighted by Crippen LogP contribution is -2.30. The molecule has 5 nitrogen and oxygen atoms in total. The fourth-order valence-electron chi connectivity index (χ4n) is 1.42. The Morgan fingerprint density at radius 1 is 1.40 bits per heavy atom. The van der Waals surface area contributed by atoms with Crippen molar-refractivity contribution in [2.45, 2.75) is 30.5 Å². The van der Waals surface area contributed by atoms with Crippen molar-refractivity contribution in [2.75, 3.05) is 6.54 Å². The number of aliphatic carboxylic acids is 1. The monoisotopic (exact) mass is 277 g/mol. The molecule has 1 fully saturated rings. The number of alkyl halides is 1. The SMILES string of the molecule is O=C(O)C(Br)CCCN1C(=O)CCC1=O. The normalized spacial score (nSPS) is 18.3. The minimum absolute atomic E-state index is 0.151. The van der Waals surface area contributed by atoms with Crippen molar-refractivity contribution in [1.82, 2.24) is 4.90 Å². The molecule has 1 saturated heterocycles. The van der Waals surface area contributed by atoms with E-state index in [1.54, 1.807) is 0 Å². The first-order valence-corrected chi connectivity index (χ1v) is 5.64. The number of likely N-dealkylation sites (tertiary alicyclic amines) is 1. The molecule has 2 amide bonds. The largest absolute Gasteiger partial charge is 0.480 e. The van der Waals surface area contributed by atoms with Gasteiger partial charge in [-0.3, -0.25) is 19.3 Å². The van der Waals surface area contributed by atoms with E-state index < -0.39 is 10.8 Å². The van der Waals surface area contributed by atoms with Gasteiger partial charge in [0.05, 0.1) is 0 Å². The molecule has 0 aromatic heterocycles. The van der Waals surface area contributed by atoms with E-state index in [0.29, 0.717) is 19.4 Å². The van der Waals surface area contributed by atoms with Crippen LogP contribution in [0.3, 0.4) is 0 Å². The number of imide groups is 1. The fourth-order valence-corrected chi connectivity index (χ4v) is 1.75. The molecule has 1 aliphatic rings. The lowest BCUT2D eigenvalue weighted by molar-refractivity contribution is -0.138. The maximum Gasteiger partial charge on any atom is 0.317 e. The van der Waals surface area contributed by atoms with Gasteiger partial charge in [-0.2, -0.15) is 0 Å². The van der Waals surface area contributed by atoms with Crippen LogP contribution in [0.2, 0.25) is 0 Å². The molecule has 0 radical (unpaired) electrons. The number of amides is 2. The van der Waals surface area contributed by atoms with E-state index in [2.05, 4.69) is 15.9 Å². The third kappa shape index (κ3) is 3.30. The molecule has 0 saturated carbocycles. The summed E-state index contributed by atoms with van der Waals surface area (Å²) in [7, 11) is 0. The number of hydrogen-bond donors (Lipinski definition) is 1. The average molecular weight is 278 g/mol. The van der Waals surface area contributed by atoms with Gasteiger partial charge in [0, 0.05) is 19.4 Å². The third-order valence-corrected chi connectivity index (χ3v) is 3.11. The van der Waals surface area contributed by atoms with Crippen LogP contribution in [0.4, 0.5) is 0 Å². The second kappa shape index (κ2) is 5.25. The van der Waals surface area contributed by atoms with Crippen LogP contribution in [-0.2, 0) is 14.4 Å². The van der Waals surface area contributed by atoms with Gasteiger partial charge in [0.25, 0.3) is 0 Å². The maximum atomic E-state index is 11.2. The van der Waals surface area contributed by atoms with E-state index in [1.165, 1.54) is 4.90 Å². The lowest BCUT2D eigenvalue weighted by atomic mass is 10.2. The summed E-state index contributed by atoms with van der Waals surface area (Å²) in [6, 6.07) is 0. The quantitative estimate of drug-likeness (QED) is 0.595. The second-order valence-electron chi connectivity index (χ2n) is 3.39. The summed E-state index contributed by atoms with van der Waals surface area (Å²) >= 11 is 2.99. The Labute approximate surface area is 95.6 Å². The highest BCUT2D eigenvalue weighted by Gasteiger charge is 2.28. The summed E-state index contributed by atoms with van der Waals surface area (Å²) in [4.78, 5) is 33.4. The van der Waals surface area contributed by atoms with E-state index in [4.69, 9.17) is 5.11 Å². The minimum Gasteiger partial charge on any atom is -0.480 e. The highest BCUT2D eigenvalue weighted by molar-refractivity contribution is 9.10. The van der Waals surface area contributed by atoms with Crippen LogP contribution in [-0.4, -0.2) is 39.2 Å². The minimum atomic E-state index is -0.922. The summed E-state index contributed by atoms with van der Waals surface area (Å²) < 4.78 is 0. The predicted molar refractivity (Wildman–Crippen MR) is 55.5 cm³/mol. The molecular weight excluding hydrogens is 266 g/mol. The van der Waals surface area contributed by atoms with Crippen molar-refractivity contribution >= 4 is 33.7 Å². The average Bonchev–Trinajstić information content (AvgIpc) is 2.48. The topological polar surface area (TPSA) is 74.7 Å². The van der Waals surface area contributed by atoms with E-state index in [0.717, 1.165) is 0 Å². The summed E-state index contributed by atoms with van der Waals surface area (Å²) in [5.41, 5.74) is 0. The number of carbonyl (C=O) groups excluding carboxylic acids is 2. The van der Waals surface area contributed by atoms with Gasteiger partial charge < -0.3 is 5.11 Å². The Morgan fingerprint density at radius 2 is 1.93 bits per heavy atom. The van der Waals surface area contributed by atoms with Gasteiger partial charge in [-0.25, -0.2) is 0 Å².